The van der Waals surface area contributed by atoms with Crippen molar-refractivity contribution in [3.63, 3.8) is 0 Å². The van der Waals surface area contributed by atoms with Crippen molar-refractivity contribution in [1.82, 2.24) is 9.47 Å². The summed E-state index contributed by atoms with van der Waals surface area (Å²) in [6, 6.07) is 4.59. The molecule has 0 unspecified atom stereocenters. The van der Waals surface area contributed by atoms with Crippen molar-refractivity contribution in [2.24, 2.45) is 0 Å². The maximum absolute atomic E-state index is 12.6. The van der Waals surface area contributed by atoms with E-state index in [1.807, 2.05) is 0 Å². The summed E-state index contributed by atoms with van der Waals surface area (Å²) in [6.45, 7) is -0.352. The molecule has 0 aromatic carbocycles. The van der Waals surface area contributed by atoms with E-state index in [-0.39, 0.29) is 31.7 Å². The standard InChI is InChI=1S/C13H15F3N2O3/c14-13(15,16)10-9-18(7-8-21-10)12(20)4-6-17-5-2-1-3-11(17)19/h1-3,5,10H,4,6-9H2/t10-/m1/s1. The van der Waals surface area contributed by atoms with Gasteiger partial charge in [0.2, 0.25) is 5.91 Å². The quantitative estimate of drug-likeness (QED) is 0.838. The van der Waals surface area contributed by atoms with Gasteiger partial charge in [0, 0.05) is 31.8 Å². The summed E-state index contributed by atoms with van der Waals surface area (Å²) in [5, 5.41) is 0. The van der Waals surface area contributed by atoms with Crippen molar-refractivity contribution in [2.45, 2.75) is 25.2 Å². The normalized spacial score (nSPS) is 19.6. The first kappa shape index (κ1) is 15.6. The minimum atomic E-state index is -4.48. The van der Waals surface area contributed by atoms with Crippen LogP contribution in [-0.4, -0.2) is 47.4 Å². The number of alkyl halides is 3. The zero-order chi connectivity index (χ0) is 15.5. The zero-order valence-electron chi connectivity index (χ0n) is 11.2. The van der Waals surface area contributed by atoms with Gasteiger partial charge in [-0.15, -0.1) is 0 Å². The predicted molar refractivity (Wildman–Crippen MR) is 67.7 cm³/mol. The van der Waals surface area contributed by atoms with Gasteiger partial charge in [-0.25, -0.2) is 0 Å². The molecule has 1 atom stereocenters. The number of pyridine rings is 1. The van der Waals surface area contributed by atoms with E-state index in [1.165, 1.54) is 16.8 Å². The van der Waals surface area contributed by atoms with Crippen LogP contribution in [0.25, 0.3) is 0 Å². The van der Waals surface area contributed by atoms with Gasteiger partial charge in [0.1, 0.15) is 0 Å². The fourth-order valence-electron chi connectivity index (χ4n) is 2.09. The maximum Gasteiger partial charge on any atom is 0.416 e. The third kappa shape index (κ3) is 4.07. The fraction of sp³-hybridized carbons (Fsp3) is 0.538. The number of aromatic nitrogens is 1. The summed E-state index contributed by atoms with van der Waals surface area (Å²) in [5.41, 5.74) is -0.250. The molecule has 0 saturated carbocycles. The van der Waals surface area contributed by atoms with E-state index in [2.05, 4.69) is 4.74 Å². The van der Waals surface area contributed by atoms with Gasteiger partial charge in [0.05, 0.1) is 13.2 Å². The highest BCUT2D eigenvalue weighted by Gasteiger charge is 2.44. The summed E-state index contributed by atoms with van der Waals surface area (Å²) in [5.74, 6) is -0.414. The van der Waals surface area contributed by atoms with E-state index in [9.17, 15) is 22.8 Å². The molecule has 2 rings (SSSR count). The van der Waals surface area contributed by atoms with Crippen LogP contribution in [-0.2, 0) is 16.1 Å². The molecule has 1 aromatic heterocycles. The molecule has 1 amide bonds. The Kier molecular flexibility index (Phi) is 4.66. The molecule has 8 heteroatoms. The lowest BCUT2D eigenvalue weighted by molar-refractivity contribution is -0.236. The van der Waals surface area contributed by atoms with E-state index in [0.717, 1.165) is 4.90 Å². The highest BCUT2D eigenvalue weighted by atomic mass is 19.4. The molecule has 0 aliphatic carbocycles. The summed E-state index contributed by atoms with van der Waals surface area (Å²) in [4.78, 5) is 24.5. The molecule has 0 N–H and O–H groups in total. The van der Waals surface area contributed by atoms with Gasteiger partial charge >= 0.3 is 6.18 Å². The summed E-state index contributed by atoms with van der Waals surface area (Å²) in [6.07, 6.45) is -4.90. The lowest BCUT2D eigenvalue weighted by Gasteiger charge is -2.33. The van der Waals surface area contributed by atoms with Crippen LogP contribution in [0.3, 0.4) is 0 Å². The first-order valence-electron chi connectivity index (χ1n) is 6.49. The Hall–Kier alpha value is -1.83. The van der Waals surface area contributed by atoms with E-state index in [4.69, 9.17) is 0 Å². The Labute approximate surface area is 118 Å². The number of rotatable bonds is 3. The number of amides is 1. The number of halogens is 3. The molecule has 0 bridgehead atoms. The Balaban J connectivity index is 1.91. The fourth-order valence-corrected chi connectivity index (χ4v) is 2.09. The third-order valence-electron chi connectivity index (χ3n) is 3.25. The molecule has 116 valence electrons. The molecule has 1 fully saturated rings. The topological polar surface area (TPSA) is 51.5 Å². The van der Waals surface area contributed by atoms with Crippen LogP contribution in [0.1, 0.15) is 6.42 Å². The van der Waals surface area contributed by atoms with E-state index < -0.39 is 24.7 Å². The number of morpholine rings is 1. The minimum absolute atomic E-state index is 0.0193. The lowest BCUT2D eigenvalue weighted by Crippen LogP contribution is -2.51. The van der Waals surface area contributed by atoms with E-state index in [0.29, 0.717) is 0 Å². The SMILES string of the molecule is O=C(CCn1ccccc1=O)N1CCO[C@@H](C(F)(F)F)C1. The van der Waals surface area contributed by atoms with Gasteiger partial charge in [-0.2, -0.15) is 13.2 Å². The smallest absolute Gasteiger partial charge is 0.365 e. The molecule has 1 saturated heterocycles. The average Bonchev–Trinajstić information content (AvgIpc) is 2.45. The van der Waals surface area contributed by atoms with Crippen molar-refractivity contribution in [1.29, 1.82) is 0 Å². The van der Waals surface area contributed by atoms with Crippen molar-refractivity contribution >= 4 is 5.91 Å². The maximum atomic E-state index is 12.6. The van der Waals surface area contributed by atoms with E-state index >= 15 is 0 Å². The highest BCUT2D eigenvalue weighted by molar-refractivity contribution is 5.76. The van der Waals surface area contributed by atoms with Crippen LogP contribution in [0, 0.1) is 0 Å². The Morgan fingerprint density at radius 2 is 2.14 bits per heavy atom. The molecule has 21 heavy (non-hydrogen) atoms. The van der Waals surface area contributed by atoms with Gasteiger partial charge in [0.15, 0.2) is 6.10 Å². The number of carbonyl (C=O) groups excluding carboxylic acids is 1. The van der Waals surface area contributed by atoms with Crippen LogP contribution < -0.4 is 5.56 Å². The van der Waals surface area contributed by atoms with Gasteiger partial charge in [-0.1, -0.05) is 6.07 Å². The molecule has 5 nitrogen and oxygen atoms in total. The van der Waals surface area contributed by atoms with Crippen LogP contribution in [0.4, 0.5) is 13.2 Å². The highest BCUT2D eigenvalue weighted by Crippen LogP contribution is 2.25. The van der Waals surface area contributed by atoms with Crippen LogP contribution in [0.2, 0.25) is 0 Å². The Morgan fingerprint density at radius 1 is 1.38 bits per heavy atom. The van der Waals surface area contributed by atoms with Crippen LogP contribution in [0.15, 0.2) is 29.2 Å². The largest absolute Gasteiger partial charge is 0.416 e. The molecular weight excluding hydrogens is 289 g/mol. The van der Waals surface area contributed by atoms with Crippen molar-refractivity contribution in [3.05, 3.63) is 34.7 Å². The van der Waals surface area contributed by atoms with Crippen molar-refractivity contribution in [2.75, 3.05) is 19.7 Å². The first-order valence-corrected chi connectivity index (χ1v) is 6.49. The third-order valence-corrected chi connectivity index (χ3v) is 3.25. The molecule has 0 radical (unpaired) electrons. The second-order valence-corrected chi connectivity index (χ2v) is 4.72. The van der Waals surface area contributed by atoms with E-state index in [1.54, 1.807) is 12.1 Å². The molecule has 1 aliphatic heterocycles. The van der Waals surface area contributed by atoms with Crippen LogP contribution in [0.5, 0.6) is 0 Å². The molecule has 1 aromatic rings. The van der Waals surface area contributed by atoms with Crippen molar-refractivity contribution < 1.29 is 22.7 Å². The average molecular weight is 304 g/mol. The van der Waals surface area contributed by atoms with Gasteiger partial charge in [-0.3, -0.25) is 9.59 Å². The number of ether oxygens (including phenoxy) is 1. The number of aryl methyl sites for hydroxylation is 1. The number of nitrogens with zero attached hydrogens (tertiary/aromatic N) is 2. The predicted octanol–water partition coefficient (Wildman–Crippen LogP) is 1.03. The Morgan fingerprint density at radius 3 is 2.81 bits per heavy atom. The second kappa shape index (κ2) is 6.30. The number of hydrogen-bond donors (Lipinski definition) is 0. The second-order valence-electron chi connectivity index (χ2n) is 4.72. The van der Waals surface area contributed by atoms with Gasteiger partial charge in [-0.05, 0) is 6.07 Å². The molecular formula is C13H15F3N2O3. The van der Waals surface area contributed by atoms with Crippen LogP contribution >= 0.6 is 0 Å². The molecule has 0 spiro atoms. The van der Waals surface area contributed by atoms with Crippen molar-refractivity contribution in [3.8, 4) is 0 Å². The zero-order valence-corrected chi connectivity index (χ0v) is 11.2. The van der Waals surface area contributed by atoms with Gasteiger partial charge < -0.3 is 14.2 Å². The number of carbonyl (C=O) groups is 1. The summed E-state index contributed by atoms with van der Waals surface area (Å²) < 4.78 is 43.7. The minimum Gasteiger partial charge on any atom is -0.365 e. The monoisotopic (exact) mass is 304 g/mol. The lowest BCUT2D eigenvalue weighted by atomic mass is 10.2. The number of hydrogen-bond acceptors (Lipinski definition) is 3. The van der Waals surface area contributed by atoms with Gasteiger partial charge in [0.25, 0.3) is 5.56 Å². The Bertz CT molecular complexity index is 556. The molecule has 1 aliphatic rings. The summed E-state index contributed by atoms with van der Waals surface area (Å²) >= 11 is 0. The first-order chi connectivity index (χ1) is 9.88. The molecule has 2 heterocycles. The summed E-state index contributed by atoms with van der Waals surface area (Å²) in [7, 11) is 0.